The summed E-state index contributed by atoms with van der Waals surface area (Å²) in [6, 6.07) is 93.4. The van der Waals surface area contributed by atoms with E-state index in [9.17, 15) is 0 Å². The molecule has 0 bridgehead atoms. The number of hydrogen-bond acceptors (Lipinski definition) is 2. The highest BCUT2D eigenvalue weighted by molar-refractivity contribution is 6.22. The van der Waals surface area contributed by atoms with Crippen molar-refractivity contribution in [1.29, 1.82) is 0 Å². The van der Waals surface area contributed by atoms with Crippen LogP contribution in [0.2, 0.25) is 0 Å². The predicted octanol–water partition coefficient (Wildman–Crippen LogP) is 21.3. The van der Waals surface area contributed by atoms with Gasteiger partial charge < -0.3 is 9.80 Å². The van der Waals surface area contributed by atoms with Gasteiger partial charge in [-0.25, -0.2) is 0 Å². The van der Waals surface area contributed by atoms with Crippen molar-refractivity contribution in [3.05, 3.63) is 277 Å². The molecule has 0 saturated heterocycles. The Morgan fingerprint density at radius 1 is 0.282 bits per heavy atom. The van der Waals surface area contributed by atoms with Crippen molar-refractivity contribution in [2.24, 2.45) is 0 Å². The fourth-order valence-electron chi connectivity index (χ4n) is 13.3. The van der Waals surface area contributed by atoms with Crippen molar-refractivity contribution in [3.63, 3.8) is 0 Å². The van der Waals surface area contributed by atoms with E-state index in [1.807, 2.05) is 0 Å². The van der Waals surface area contributed by atoms with Crippen LogP contribution in [0.25, 0.3) is 76.8 Å². The third-order valence-electron chi connectivity index (χ3n) is 17.3. The average Bonchev–Trinajstić information content (AvgIpc) is 4.01. The molecule has 12 aromatic rings. The van der Waals surface area contributed by atoms with Gasteiger partial charge in [0.25, 0.3) is 0 Å². The third kappa shape index (κ3) is 7.53. The number of anilines is 6. The van der Waals surface area contributed by atoms with Crippen LogP contribution in [-0.2, 0) is 16.2 Å². The van der Waals surface area contributed by atoms with E-state index in [1.54, 1.807) is 0 Å². The van der Waals surface area contributed by atoms with Gasteiger partial charge in [0.1, 0.15) is 0 Å². The monoisotopic (exact) mass is 1000 g/mol. The zero-order chi connectivity index (χ0) is 53.1. The first-order chi connectivity index (χ1) is 37.8. The van der Waals surface area contributed by atoms with Crippen LogP contribution in [0.1, 0.15) is 76.3 Å². The molecule has 2 nitrogen and oxygen atoms in total. The van der Waals surface area contributed by atoms with Gasteiger partial charge in [-0.05, 0) is 195 Å². The second kappa shape index (κ2) is 17.8. The van der Waals surface area contributed by atoms with Gasteiger partial charge >= 0.3 is 0 Å². The van der Waals surface area contributed by atoms with E-state index < -0.39 is 0 Å². The van der Waals surface area contributed by atoms with Crippen LogP contribution in [-0.4, -0.2) is 0 Å². The molecule has 0 spiro atoms. The third-order valence-corrected chi connectivity index (χ3v) is 17.3. The topological polar surface area (TPSA) is 6.48 Å². The Balaban J connectivity index is 0.995. The smallest absolute Gasteiger partial charge is 0.0468 e. The molecule has 0 N–H and O–H groups in total. The highest BCUT2D eigenvalue weighted by Gasteiger charge is 2.38. The van der Waals surface area contributed by atoms with Crippen molar-refractivity contribution < 1.29 is 0 Å². The summed E-state index contributed by atoms with van der Waals surface area (Å²) in [4.78, 5) is 4.94. The van der Waals surface area contributed by atoms with Gasteiger partial charge in [0.15, 0.2) is 0 Å². The second-order valence-corrected chi connectivity index (χ2v) is 23.7. The van der Waals surface area contributed by atoms with Crippen molar-refractivity contribution in [2.75, 3.05) is 9.80 Å². The summed E-state index contributed by atoms with van der Waals surface area (Å²) in [5, 5.41) is 7.38. The lowest BCUT2D eigenvalue weighted by Crippen LogP contribution is -2.17. The maximum absolute atomic E-state index is 2.48. The second-order valence-electron chi connectivity index (χ2n) is 23.7. The van der Waals surface area contributed by atoms with Crippen LogP contribution in [0.5, 0.6) is 0 Å². The van der Waals surface area contributed by atoms with Crippen molar-refractivity contribution >= 4 is 66.4 Å². The minimum Gasteiger partial charge on any atom is -0.310 e. The molecular weight excluding hydrogens is 941 g/mol. The standard InChI is InChI=1S/C76H62N2/c1-74(2,3)53-31-33-55(34-32-53)78(59-35-39-61-60-29-19-20-30-68(60)75(4,5)70(61)47-59)57-38-42-64-67(46-57)73(50-23-13-9-14-24-50)63-41-37-56(45-66(63)72(64)49-21-11-8-12-22-49)77(54-27-15-10-16-28-54)58-36-40-62-65-43-51-25-17-18-26-52(51)44-69(65)76(6,7)71(62)48-58/h8-48H,1-7H3. The van der Waals surface area contributed by atoms with Crippen molar-refractivity contribution in [2.45, 2.75) is 64.7 Å². The molecule has 2 aliphatic rings. The van der Waals surface area contributed by atoms with E-state index in [0.29, 0.717) is 0 Å². The van der Waals surface area contributed by atoms with Crippen molar-refractivity contribution in [3.8, 4) is 44.5 Å². The molecule has 0 saturated carbocycles. The summed E-state index contributed by atoms with van der Waals surface area (Å²) < 4.78 is 0. The predicted molar refractivity (Wildman–Crippen MR) is 333 cm³/mol. The Hall–Kier alpha value is -8.98. The summed E-state index contributed by atoms with van der Waals surface area (Å²) >= 11 is 0. The van der Waals surface area contributed by atoms with Gasteiger partial charge in [-0.3, -0.25) is 0 Å². The number of nitrogens with zero attached hydrogens (tertiary/aromatic N) is 2. The summed E-state index contributed by atoms with van der Waals surface area (Å²) in [6.07, 6.45) is 0. The van der Waals surface area contributed by atoms with Crippen LogP contribution < -0.4 is 9.80 Å². The molecule has 2 aliphatic carbocycles. The molecule has 12 aromatic carbocycles. The van der Waals surface area contributed by atoms with Gasteiger partial charge in [0.05, 0.1) is 0 Å². The zero-order valence-corrected chi connectivity index (χ0v) is 45.6. The zero-order valence-electron chi connectivity index (χ0n) is 45.6. The van der Waals surface area contributed by atoms with Crippen LogP contribution in [0.4, 0.5) is 34.1 Å². The quantitative estimate of drug-likeness (QED) is 0.140. The average molecular weight is 1000 g/mol. The van der Waals surface area contributed by atoms with Crippen LogP contribution in [0, 0.1) is 0 Å². The first-order valence-corrected chi connectivity index (χ1v) is 27.7. The lowest BCUT2D eigenvalue weighted by Gasteiger charge is -2.30. The van der Waals surface area contributed by atoms with E-state index >= 15 is 0 Å². The number of fused-ring (bicyclic) bond motifs is 9. The van der Waals surface area contributed by atoms with Gasteiger partial charge in [0.2, 0.25) is 0 Å². The molecule has 376 valence electrons. The lowest BCUT2D eigenvalue weighted by atomic mass is 9.81. The molecule has 14 rings (SSSR count). The number of benzene rings is 12. The number of para-hydroxylation sites is 1. The maximum atomic E-state index is 2.48. The Morgan fingerprint density at radius 3 is 1.21 bits per heavy atom. The summed E-state index contributed by atoms with van der Waals surface area (Å²) in [5.41, 5.74) is 23.3. The first kappa shape index (κ1) is 47.5. The fraction of sp³-hybridized carbons (Fsp3) is 0.132. The van der Waals surface area contributed by atoms with E-state index in [0.717, 1.165) is 34.1 Å². The molecule has 78 heavy (non-hydrogen) atoms. The van der Waals surface area contributed by atoms with Crippen molar-refractivity contribution in [1.82, 2.24) is 0 Å². The normalized spacial score (nSPS) is 13.8. The Labute approximate surface area is 459 Å². The fourth-order valence-corrected chi connectivity index (χ4v) is 13.3. The lowest BCUT2D eigenvalue weighted by molar-refractivity contribution is 0.590. The molecule has 0 fully saturated rings. The molecule has 0 aromatic heterocycles. The van der Waals surface area contributed by atoms with Gasteiger partial charge in [-0.15, -0.1) is 0 Å². The van der Waals surface area contributed by atoms with Crippen LogP contribution in [0.3, 0.4) is 0 Å². The van der Waals surface area contributed by atoms with Gasteiger partial charge in [-0.2, -0.15) is 0 Å². The van der Waals surface area contributed by atoms with Crippen LogP contribution >= 0.6 is 0 Å². The maximum Gasteiger partial charge on any atom is 0.0468 e. The SMILES string of the molecule is CC(C)(C)c1ccc(N(c2ccc3c(c2)C(C)(C)c2ccccc2-3)c2ccc3c(-c4ccccc4)c4cc(N(c5ccccc5)c5ccc6c(c5)C(C)(C)c5cc7ccccc7cc5-6)ccc4c(-c4ccccc4)c3c2)cc1. The summed E-state index contributed by atoms with van der Waals surface area (Å²) in [6.45, 7) is 16.4. The summed E-state index contributed by atoms with van der Waals surface area (Å²) in [7, 11) is 0. The highest BCUT2D eigenvalue weighted by Crippen LogP contribution is 2.55. The molecule has 2 heteroatoms. The summed E-state index contributed by atoms with van der Waals surface area (Å²) in [5.74, 6) is 0. The van der Waals surface area contributed by atoms with E-state index in [1.165, 1.54) is 105 Å². The molecule has 0 atom stereocenters. The van der Waals surface area contributed by atoms with E-state index in [2.05, 4.69) is 307 Å². The Bertz CT molecular complexity index is 4330. The minimum atomic E-state index is -0.187. The Morgan fingerprint density at radius 2 is 0.667 bits per heavy atom. The van der Waals surface area contributed by atoms with Gasteiger partial charge in [-0.1, -0.05) is 212 Å². The minimum absolute atomic E-state index is 0.0215. The Kier molecular flexibility index (Phi) is 10.8. The van der Waals surface area contributed by atoms with Crippen LogP contribution in [0.15, 0.2) is 249 Å². The molecule has 0 aliphatic heterocycles. The molecule has 0 amide bonds. The largest absolute Gasteiger partial charge is 0.310 e. The highest BCUT2D eigenvalue weighted by atomic mass is 15.1. The molecule has 0 radical (unpaired) electrons. The van der Waals surface area contributed by atoms with E-state index in [-0.39, 0.29) is 16.2 Å². The molecule has 0 unspecified atom stereocenters. The molecule has 0 heterocycles. The number of rotatable bonds is 8. The molecular formula is C76H62N2. The first-order valence-electron chi connectivity index (χ1n) is 27.7. The van der Waals surface area contributed by atoms with Gasteiger partial charge in [0, 0.05) is 45.0 Å². The number of hydrogen-bond donors (Lipinski definition) is 0. The van der Waals surface area contributed by atoms with E-state index in [4.69, 9.17) is 0 Å².